The first-order chi connectivity index (χ1) is 18.4. The fourth-order valence-electron chi connectivity index (χ4n) is 3.78. The van der Waals surface area contributed by atoms with Gasteiger partial charge in [0, 0.05) is 38.9 Å². The second-order valence-electron chi connectivity index (χ2n) is 8.79. The molecular weight excluding hydrogens is 524 g/mol. The summed E-state index contributed by atoms with van der Waals surface area (Å²) in [4.78, 5) is 27.1. The minimum Gasteiger partial charge on any atom is -0.486 e. The summed E-state index contributed by atoms with van der Waals surface area (Å²) in [5.41, 5.74) is 2.40. The summed E-state index contributed by atoms with van der Waals surface area (Å²) < 4.78 is 12.1. The van der Waals surface area contributed by atoms with Crippen LogP contribution in [-0.4, -0.2) is 58.7 Å². The van der Waals surface area contributed by atoms with Crippen LogP contribution in [0.1, 0.15) is 17.0 Å². The highest BCUT2D eigenvalue weighted by atomic mass is 35.5. The Balaban J connectivity index is 1.24. The lowest BCUT2D eigenvalue weighted by Gasteiger charge is -2.15. The number of amides is 1. The standard InChI is InChI=1S/C27H25ClN6O3S/c1-34(2)27(35)37-20-11-17(30-14-20)6-8-21-13-23-25(38-21)26(32-16-31-23)33-18-7-9-24(22(28)12-18)36-15-19-5-3-4-10-29-19/h3-5,7,9-10,12-13,16-17,20,30H,11,14-15H2,1-2H3,(H,31,32,33)/t17-,20-/m0/s1. The first kappa shape index (κ1) is 25.7. The average Bonchev–Trinajstić information content (AvgIpc) is 3.54. The van der Waals surface area contributed by atoms with E-state index in [-0.39, 0.29) is 18.2 Å². The zero-order chi connectivity index (χ0) is 26.5. The number of aromatic nitrogens is 3. The van der Waals surface area contributed by atoms with Gasteiger partial charge in [-0.15, -0.1) is 11.3 Å². The molecule has 0 unspecified atom stereocenters. The summed E-state index contributed by atoms with van der Waals surface area (Å²) in [6.45, 7) is 0.914. The number of hydrogen-bond donors (Lipinski definition) is 2. The van der Waals surface area contributed by atoms with Crippen LogP contribution >= 0.6 is 22.9 Å². The van der Waals surface area contributed by atoms with Crippen LogP contribution in [0.5, 0.6) is 5.75 Å². The van der Waals surface area contributed by atoms with Crippen LogP contribution in [0.3, 0.4) is 0 Å². The minimum atomic E-state index is -0.346. The van der Waals surface area contributed by atoms with Crippen molar-refractivity contribution in [2.45, 2.75) is 25.2 Å². The van der Waals surface area contributed by atoms with E-state index < -0.39 is 0 Å². The molecule has 1 aliphatic heterocycles. The number of nitrogens with zero attached hydrogens (tertiary/aromatic N) is 4. The molecule has 1 aliphatic rings. The SMILES string of the molecule is CN(C)C(=O)O[C@@H]1CN[C@@H](C#Cc2cc3ncnc(Nc4ccc(OCc5ccccn5)c(Cl)c4)c3s2)C1. The van der Waals surface area contributed by atoms with E-state index >= 15 is 0 Å². The normalized spacial score (nSPS) is 16.5. The molecule has 0 saturated carbocycles. The van der Waals surface area contributed by atoms with Gasteiger partial charge in [0.1, 0.15) is 24.8 Å². The number of anilines is 2. The molecule has 5 rings (SSSR count). The number of carbonyl (C=O) groups is 1. The van der Waals surface area contributed by atoms with E-state index in [0.717, 1.165) is 26.5 Å². The Labute approximate surface area is 229 Å². The molecule has 1 saturated heterocycles. The second-order valence-corrected chi connectivity index (χ2v) is 10.3. The number of halogens is 1. The molecule has 38 heavy (non-hydrogen) atoms. The maximum absolute atomic E-state index is 11.8. The van der Waals surface area contributed by atoms with Crippen LogP contribution in [0.25, 0.3) is 10.2 Å². The quantitative estimate of drug-likeness (QED) is 0.330. The molecule has 0 aliphatic carbocycles. The third-order valence-corrected chi connectivity index (χ3v) is 7.04. The molecule has 1 aromatic carbocycles. The van der Waals surface area contributed by atoms with Crippen molar-refractivity contribution in [3.05, 3.63) is 70.6 Å². The molecule has 2 atom stereocenters. The molecule has 9 nitrogen and oxygen atoms in total. The summed E-state index contributed by atoms with van der Waals surface area (Å²) in [5, 5.41) is 7.10. The first-order valence-electron chi connectivity index (χ1n) is 11.9. The predicted octanol–water partition coefficient (Wildman–Crippen LogP) is 4.84. The third kappa shape index (κ3) is 6.31. The number of carbonyl (C=O) groups excluding carboxylic acids is 1. The molecule has 11 heteroatoms. The highest BCUT2D eigenvalue weighted by Crippen LogP contribution is 2.33. The molecule has 0 bridgehead atoms. The Morgan fingerprint density at radius 3 is 2.92 bits per heavy atom. The Morgan fingerprint density at radius 2 is 2.13 bits per heavy atom. The van der Waals surface area contributed by atoms with Crippen molar-refractivity contribution in [3.8, 4) is 17.6 Å². The highest BCUT2D eigenvalue weighted by molar-refractivity contribution is 7.20. The number of pyridine rings is 1. The lowest BCUT2D eigenvalue weighted by atomic mass is 10.2. The average molecular weight is 549 g/mol. The van der Waals surface area contributed by atoms with Crippen molar-refractivity contribution < 1.29 is 14.3 Å². The van der Waals surface area contributed by atoms with Gasteiger partial charge in [-0.25, -0.2) is 14.8 Å². The number of ether oxygens (including phenoxy) is 2. The van der Waals surface area contributed by atoms with Crippen LogP contribution < -0.4 is 15.4 Å². The maximum Gasteiger partial charge on any atom is 0.409 e. The molecule has 0 spiro atoms. The van der Waals surface area contributed by atoms with Crippen LogP contribution in [0, 0.1) is 11.8 Å². The van der Waals surface area contributed by atoms with Crippen molar-refractivity contribution in [2.24, 2.45) is 0 Å². The van der Waals surface area contributed by atoms with Crippen molar-refractivity contribution >= 4 is 50.8 Å². The summed E-state index contributed by atoms with van der Waals surface area (Å²) in [6, 6.07) is 13.1. The fraction of sp³-hybridized carbons (Fsp3) is 0.259. The van der Waals surface area contributed by atoms with Gasteiger partial charge in [0.15, 0.2) is 5.82 Å². The van der Waals surface area contributed by atoms with Gasteiger partial charge in [0.25, 0.3) is 0 Å². The Kier molecular flexibility index (Phi) is 7.89. The van der Waals surface area contributed by atoms with Gasteiger partial charge >= 0.3 is 6.09 Å². The number of fused-ring (bicyclic) bond motifs is 1. The maximum atomic E-state index is 11.8. The van der Waals surface area contributed by atoms with Gasteiger partial charge in [0.2, 0.25) is 0 Å². The van der Waals surface area contributed by atoms with E-state index in [4.69, 9.17) is 21.1 Å². The van der Waals surface area contributed by atoms with E-state index in [1.54, 1.807) is 26.4 Å². The van der Waals surface area contributed by atoms with E-state index in [0.29, 0.717) is 36.2 Å². The Morgan fingerprint density at radius 1 is 1.24 bits per heavy atom. The van der Waals surface area contributed by atoms with Gasteiger partial charge in [-0.3, -0.25) is 10.3 Å². The molecule has 0 radical (unpaired) electrons. The predicted molar refractivity (Wildman–Crippen MR) is 148 cm³/mol. The smallest absolute Gasteiger partial charge is 0.409 e. The van der Waals surface area contributed by atoms with Crippen LogP contribution in [0.2, 0.25) is 5.02 Å². The molecule has 4 heterocycles. The molecular formula is C27H25ClN6O3S. The van der Waals surface area contributed by atoms with E-state index in [1.807, 2.05) is 36.4 Å². The number of benzene rings is 1. The van der Waals surface area contributed by atoms with Gasteiger partial charge < -0.3 is 19.7 Å². The second kappa shape index (κ2) is 11.6. The van der Waals surface area contributed by atoms with Crippen LogP contribution in [0.4, 0.5) is 16.3 Å². The van der Waals surface area contributed by atoms with Crippen molar-refractivity contribution in [2.75, 3.05) is 26.0 Å². The van der Waals surface area contributed by atoms with Gasteiger partial charge in [0.05, 0.1) is 31.9 Å². The van der Waals surface area contributed by atoms with Gasteiger partial charge in [-0.2, -0.15) is 0 Å². The lowest BCUT2D eigenvalue weighted by Crippen LogP contribution is -2.29. The number of nitrogens with one attached hydrogen (secondary N) is 2. The third-order valence-electron chi connectivity index (χ3n) is 5.70. The van der Waals surface area contributed by atoms with E-state index in [1.165, 1.54) is 22.6 Å². The Bertz CT molecular complexity index is 1500. The summed E-state index contributed by atoms with van der Waals surface area (Å²) >= 11 is 7.98. The molecule has 3 aromatic heterocycles. The fourth-order valence-corrected chi connectivity index (χ4v) is 4.93. The van der Waals surface area contributed by atoms with Crippen molar-refractivity contribution in [1.82, 2.24) is 25.2 Å². The molecule has 4 aromatic rings. The molecule has 2 N–H and O–H groups in total. The van der Waals surface area contributed by atoms with Crippen molar-refractivity contribution in [3.63, 3.8) is 0 Å². The topological polar surface area (TPSA) is 102 Å². The van der Waals surface area contributed by atoms with E-state index in [9.17, 15) is 4.79 Å². The van der Waals surface area contributed by atoms with Gasteiger partial charge in [-0.1, -0.05) is 29.5 Å². The summed E-state index contributed by atoms with van der Waals surface area (Å²) in [7, 11) is 3.33. The molecule has 1 amide bonds. The number of thiophene rings is 1. The number of hydrogen-bond acceptors (Lipinski definition) is 9. The molecule has 1 fully saturated rings. The van der Waals surface area contributed by atoms with E-state index in [2.05, 4.69) is 37.4 Å². The summed E-state index contributed by atoms with van der Waals surface area (Å²) in [6.07, 6.45) is 3.35. The lowest BCUT2D eigenvalue weighted by molar-refractivity contribution is 0.0826. The Hall–Kier alpha value is -3.91. The first-order valence-corrected chi connectivity index (χ1v) is 13.1. The highest BCUT2D eigenvalue weighted by Gasteiger charge is 2.26. The molecule has 194 valence electrons. The zero-order valence-corrected chi connectivity index (χ0v) is 22.3. The minimum absolute atomic E-state index is 0.0515. The van der Waals surface area contributed by atoms with Crippen molar-refractivity contribution in [1.29, 1.82) is 0 Å². The largest absolute Gasteiger partial charge is 0.486 e. The van der Waals surface area contributed by atoms with Gasteiger partial charge in [-0.05, 0) is 36.4 Å². The monoisotopic (exact) mass is 548 g/mol. The number of rotatable bonds is 6. The zero-order valence-electron chi connectivity index (χ0n) is 20.8. The van der Waals surface area contributed by atoms with Crippen LogP contribution in [0.15, 0.2) is 55.0 Å². The summed E-state index contributed by atoms with van der Waals surface area (Å²) in [5.74, 6) is 7.70. The van der Waals surface area contributed by atoms with Crippen LogP contribution in [-0.2, 0) is 11.3 Å².